The lowest BCUT2D eigenvalue weighted by molar-refractivity contribution is -0.148. The molecule has 1 aliphatic heterocycles. The van der Waals surface area contributed by atoms with Gasteiger partial charge in [0.05, 0.1) is 17.3 Å². The molecule has 0 radical (unpaired) electrons. The minimum Gasteiger partial charge on any atom is -0.465 e. The van der Waals surface area contributed by atoms with Crippen LogP contribution in [-0.2, 0) is 4.79 Å². The summed E-state index contributed by atoms with van der Waals surface area (Å²) in [6.45, 7) is 4.15. The number of carbonyl (C=O) groups excluding carboxylic acids is 1. The maximum atomic E-state index is 14.2. The van der Waals surface area contributed by atoms with Gasteiger partial charge in [-0.15, -0.1) is 0 Å². The highest BCUT2D eigenvalue weighted by atomic mass is 35.5. The standard InChI is InChI=1S/C19H23ClF2N2O5/c1-17(2,3)19(15(26)23-13-6-10(20)11(21)7-12(13)22)14(25)18(29,9-4-5-9)8-24(19)16(27)28/h6-7,9,14,25,29H,4-5,8H2,1-3H3,(H,23,26)(H,27,28)/t14?,18?,19-/m0/s1. The smallest absolute Gasteiger partial charge is 0.408 e. The molecule has 2 aliphatic rings. The first-order chi connectivity index (χ1) is 13.3. The zero-order chi connectivity index (χ0) is 21.9. The zero-order valence-corrected chi connectivity index (χ0v) is 16.9. The molecule has 0 spiro atoms. The molecule has 2 unspecified atom stereocenters. The lowest BCUT2D eigenvalue weighted by Crippen LogP contribution is -2.68. The summed E-state index contributed by atoms with van der Waals surface area (Å²) in [6.07, 6.45) is -2.10. The number of β-amino-alcohol motifs (C(OH)–C–C–N with tert-alkyl or cyclic N) is 1. The Kier molecular flexibility index (Phi) is 5.08. The van der Waals surface area contributed by atoms with Crippen molar-refractivity contribution in [1.82, 2.24) is 4.90 Å². The summed E-state index contributed by atoms with van der Waals surface area (Å²) in [5, 5.41) is 33.8. The van der Waals surface area contributed by atoms with Crippen molar-refractivity contribution in [3.05, 3.63) is 28.8 Å². The normalized spacial score (nSPS) is 29.8. The van der Waals surface area contributed by atoms with Gasteiger partial charge in [-0.3, -0.25) is 9.69 Å². The minimum absolute atomic E-state index is 0.353. The average molecular weight is 433 g/mol. The van der Waals surface area contributed by atoms with E-state index in [1.165, 1.54) is 0 Å². The van der Waals surface area contributed by atoms with Crippen molar-refractivity contribution >= 4 is 29.3 Å². The van der Waals surface area contributed by atoms with Gasteiger partial charge in [0.1, 0.15) is 23.3 Å². The number of carboxylic acid groups (broad SMARTS) is 1. The Morgan fingerprint density at radius 3 is 2.31 bits per heavy atom. The molecule has 2 fully saturated rings. The van der Waals surface area contributed by atoms with Gasteiger partial charge in [-0.2, -0.15) is 0 Å². The van der Waals surface area contributed by atoms with E-state index in [-0.39, 0.29) is 5.92 Å². The fourth-order valence-corrected chi connectivity index (χ4v) is 4.53. The topological polar surface area (TPSA) is 110 Å². The van der Waals surface area contributed by atoms with Crippen LogP contribution in [0.4, 0.5) is 19.3 Å². The summed E-state index contributed by atoms with van der Waals surface area (Å²) >= 11 is 5.67. The third-order valence-corrected chi connectivity index (χ3v) is 6.26. The summed E-state index contributed by atoms with van der Waals surface area (Å²) < 4.78 is 27.6. The van der Waals surface area contributed by atoms with Crippen LogP contribution in [0, 0.1) is 23.0 Å². The summed E-state index contributed by atoms with van der Waals surface area (Å²) in [6, 6.07) is 1.35. The Hall–Kier alpha value is -1.97. The van der Waals surface area contributed by atoms with E-state index in [0.29, 0.717) is 23.8 Å². The number of hydrogen-bond acceptors (Lipinski definition) is 4. The molecule has 10 heteroatoms. The van der Waals surface area contributed by atoms with Crippen molar-refractivity contribution < 1.29 is 33.7 Å². The molecule has 160 valence electrons. The zero-order valence-electron chi connectivity index (χ0n) is 16.2. The number of nitrogens with one attached hydrogen (secondary N) is 1. The van der Waals surface area contributed by atoms with Crippen LogP contribution in [0.3, 0.4) is 0 Å². The van der Waals surface area contributed by atoms with Gasteiger partial charge in [0, 0.05) is 6.07 Å². The quantitative estimate of drug-likeness (QED) is 0.549. The average Bonchev–Trinajstić information content (AvgIpc) is 3.39. The Morgan fingerprint density at radius 1 is 1.24 bits per heavy atom. The molecular weight excluding hydrogens is 410 g/mol. The largest absolute Gasteiger partial charge is 0.465 e. The SMILES string of the molecule is CC(C)(C)[C@@]1(C(=O)Nc2cc(Cl)c(F)cc2F)C(O)C(O)(C2CC2)CN1C(=O)O. The number of nitrogens with zero attached hydrogens (tertiary/aromatic N) is 1. The molecule has 0 aromatic heterocycles. The maximum Gasteiger partial charge on any atom is 0.408 e. The summed E-state index contributed by atoms with van der Waals surface area (Å²) in [5.41, 5.74) is -5.62. The summed E-state index contributed by atoms with van der Waals surface area (Å²) in [7, 11) is 0. The number of aliphatic hydroxyl groups excluding tert-OH is 1. The van der Waals surface area contributed by atoms with Gasteiger partial charge in [0.2, 0.25) is 0 Å². The molecule has 1 aromatic carbocycles. The van der Waals surface area contributed by atoms with Crippen LogP contribution >= 0.6 is 11.6 Å². The van der Waals surface area contributed by atoms with E-state index >= 15 is 0 Å². The Labute approximate surface area is 171 Å². The monoisotopic (exact) mass is 432 g/mol. The maximum absolute atomic E-state index is 14.2. The molecule has 29 heavy (non-hydrogen) atoms. The van der Waals surface area contributed by atoms with E-state index in [0.717, 1.165) is 6.07 Å². The summed E-state index contributed by atoms with van der Waals surface area (Å²) in [5.74, 6) is -3.54. The van der Waals surface area contributed by atoms with Crippen LogP contribution in [0.25, 0.3) is 0 Å². The number of hydrogen-bond donors (Lipinski definition) is 4. The van der Waals surface area contributed by atoms with E-state index in [4.69, 9.17) is 11.6 Å². The van der Waals surface area contributed by atoms with Gasteiger partial charge >= 0.3 is 6.09 Å². The van der Waals surface area contributed by atoms with Crippen molar-refractivity contribution in [2.24, 2.45) is 11.3 Å². The molecule has 1 heterocycles. The molecule has 1 saturated carbocycles. The number of likely N-dealkylation sites (tertiary alicyclic amines) is 1. The van der Waals surface area contributed by atoms with E-state index < -0.39 is 63.5 Å². The van der Waals surface area contributed by atoms with Crippen LogP contribution in [0.15, 0.2) is 12.1 Å². The number of anilines is 1. The molecule has 7 nitrogen and oxygen atoms in total. The van der Waals surface area contributed by atoms with Crippen molar-refractivity contribution in [3.8, 4) is 0 Å². The van der Waals surface area contributed by atoms with Gasteiger partial charge in [-0.25, -0.2) is 13.6 Å². The number of carbonyl (C=O) groups is 2. The van der Waals surface area contributed by atoms with Gasteiger partial charge in [0.25, 0.3) is 5.91 Å². The second-order valence-corrected chi connectivity index (χ2v) is 9.16. The summed E-state index contributed by atoms with van der Waals surface area (Å²) in [4.78, 5) is 26.2. The van der Waals surface area contributed by atoms with Crippen LogP contribution < -0.4 is 5.32 Å². The fourth-order valence-electron chi connectivity index (χ4n) is 4.37. The van der Waals surface area contributed by atoms with E-state index in [1.54, 1.807) is 20.8 Å². The molecule has 4 N–H and O–H groups in total. The second-order valence-electron chi connectivity index (χ2n) is 8.75. The first kappa shape index (κ1) is 21.7. The lowest BCUT2D eigenvalue weighted by Gasteiger charge is -2.47. The number of aliphatic hydroxyl groups is 2. The molecular formula is C19H23ClF2N2O5. The van der Waals surface area contributed by atoms with Crippen LogP contribution in [0.1, 0.15) is 33.6 Å². The predicted molar refractivity (Wildman–Crippen MR) is 101 cm³/mol. The Morgan fingerprint density at radius 2 is 1.83 bits per heavy atom. The molecule has 2 amide bonds. The van der Waals surface area contributed by atoms with Crippen molar-refractivity contribution in [1.29, 1.82) is 0 Å². The van der Waals surface area contributed by atoms with Gasteiger partial charge < -0.3 is 20.6 Å². The lowest BCUT2D eigenvalue weighted by atomic mass is 9.67. The van der Waals surface area contributed by atoms with Crippen molar-refractivity contribution in [3.63, 3.8) is 0 Å². The van der Waals surface area contributed by atoms with Crippen LogP contribution in [0.5, 0.6) is 0 Å². The minimum atomic E-state index is -2.14. The van der Waals surface area contributed by atoms with Crippen LogP contribution in [-0.4, -0.2) is 56.0 Å². The number of rotatable bonds is 3. The molecule has 1 aliphatic carbocycles. The molecule has 1 saturated heterocycles. The Balaban J connectivity index is 2.12. The van der Waals surface area contributed by atoms with Gasteiger partial charge in [-0.05, 0) is 30.2 Å². The van der Waals surface area contributed by atoms with E-state index in [2.05, 4.69) is 5.32 Å². The van der Waals surface area contributed by atoms with Gasteiger partial charge in [0.15, 0.2) is 5.54 Å². The second kappa shape index (κ2) is 6.78. The molecule has 3 atom stereocenters. The Bertz CT molecular complexity index is 873. The molecule has 0 bridgehead atoms. The predicted octanol–water partition coefficient (Wildman–Crippen LogP) is 2.84. The molecule has 3 rings (SSSR count). The van der Waals surface area contributed by atoms with Gasteiger partial charge in [-0.1, -0.05) is 32.4 Å². The first-order valence-corrected chi connectivity index (χ1v) is 9.51. The van der Waals surface area contributed by atoms with E-state index in [1.807, 2.05) is 0 Å². The number of benzene rings is 1. The highest BCUT2D eigenvalue weighted by Gasteiger charge is 2.73. The highest BCUT2D eigenvalue weighted by Crippen LogP contribution is 2.55. The molecule has 1 aromatic rings. The third kappa shape index (κ3) is 3.15. The number of amides is 2. The fraction of sp³-hybridized carbons (Fsp3) is 0.579. The highest BCUT2D eigenvalue weighted by molar-refractivity contribution is 6.31. The third-order valence-electron chi connectivity index (χ3n) is 5.97. The van der Waals surface area contributed by atoms with Crippen molar-refractivity contribution in [2.75, 3.05) is 11.9 Å². The van der Waals surface area contributed by atoms with E-state index in [9.17, 15) is 33.7 Å². The van der Waals surface area contributed by atoms with Crippen LogP contribution in [0.2, 0.25) is 5.02 Å². The number of halogens is 3. The van der Waals surface area contributed by atoms with Crippen molar-refractivity contribution in [2.45, 2.75) is 50.9 Å². The first-order valence-electron chi connectivity index (χ1n) is 9.13.